The molecule has 1 radical (unpaired) electrons. The third-order valence-corrected chi connectivity index (χ3v) is 5.19. The first-order chi connectivity index (χ1) is 15.2. The predicted octanol–water partition coefficient (Wildman–Crippen LogP) is 5.72. The average Bonchev–Trinajstić information content (AvgIpc) is 2.78. The number of hydrogen-bond acceptors (Lipinski definition) is 3. The van der Waals surface area contributed by atoms with Crippen molar-refractivity contribution in [1.29, 1.82) is 0 Å². The Bertz CT molecular complexity index is 996. The number of benzene rings is 2. The monoisotopic (exact) mass is 442 g/mol. The zero-order valence-electron chi connectivity index (χ0n) is 18.2. The van der Waals surface area contributed by atoms with Crippen LogP contribution in [0.4, 0.5) is 8.78 Å². The zero-order valence-corrected chi connectivity index (χ0v) is 18.2. The van der Waals surface area contributed by atoms with E-state index < -0.39 is 12.0 Å². The molecule has 0 spiro atoms. The third kappa shape index (κ3) is 6.30. The van der Waals surface area contributed by atoms with Crippen LogP contribution < -0.4 is 16.0 Å². The molecular formula is C26H34F2N3O. The van der Waals surface area contributed by atoms with Crippen LogP contribution in [0, 0.1) is 6.42 Å². The molecule has 6 heteroatoms. The summed E-state index contributed by atoms with van der Waals surface area (Å²) in [6.45, 7) is 6.77. The first-order valence-electron chi connectivity index (χ1n) is 10.5. The minimum Gasteiger partial charge on any atom is -0.366 e. The third-order valence-electron chi connectivity index (χ3n) is 5.19. The van der Waals surface area contributed by atoms with Crippen LogP contribution in [0.15, 0.2) is 96.9 Å². The van der Waals surface area contributed by atoms with Crippen LogP contribution in [-0.4, -0.2) is 17.9 Å². The maximum atomic E-state index is 13.4. The van der Waals surface area contributed by atoms with Crippen molar-refractivity contribution in [2.24, 2.45) is 0 Å². The van der Waals surface area contributed by atoms with Crippen molar-refractivity contribution in [3.05, 3.63) is 114 Å². The highest BCUT2D eigenvalue weighted by atomic mass is 19.3. The summed E-state index contributed by atoms with van der Waals surface area (Å²) < 4.78 is 26.9. The van der Waals surface area contributed by atoms with Gasteiger partial charge in [0.2, 0.25) is 5.91 Å². The van der Waals surface area contributed by atoms with E-state index in [0.29, 0.717) is 5.82 Å². The smallest absolute Gasteiger partial charge is 0.270 e. The second kappa shape index (κ2) is 10.3. The highest BCUT2D eigenvalue weighted by molar-refractivity contribution is 5.83. The van der Waals surface area contributed by atoms with Crippen LogP contribution in [0.5, 0.6) is 0 Å². The standard InChI is InChI=1S/C26H28F2N3O.3H2/c1-18(20-10-6-4-7-11-20)29-25(32)24(21-12-8-5-9-13-21)31-19(2)30-23-16-14-22(15-17-23)26(3,27)28;;;/h4-18,23-24,30-31H,2H2,1,3H3,(H,29,32);3*1H/t18-,24-;;;/m1.../s1. The second-order valence-electron chi connectivity index (χ2n) is 7.84. The van der Waals surface area contributed by atoms with Crippen molar-refractivity contribution in [3.63, 3.8) is 0 Å². The highest BCUT2D eigenvalue weighted by Gasteiger charge is 2.28. The summed E-state index contributed by atoms with van der Waals surface area (Å²) in [5.41, 5.74) is 1.73. The van der Waals surface area contributed by atoms with E-state index in [1.54, 1.807) is 12.5 Å². The lowest BCUT2D eigenvalue weighted by molar-refractivity contribution is -0.123. The molecule has 3 atom stereocenters. The van der Waals surface area contributed by atoms with E-state index in [4.69, 9.17) is 0 Å². The van der Waals surface area contributed by atoms with E-state index in [1.807, 2.05) is 67.6 Å². The number of halogens is 2. The Hall–Kier alpha value is -3.41. The van der Waals surface area contributed by atoms with Gasteiger partial charge in [-0.05, 0) is 18.1 Å². The minimum atomic E-state index is -2.89. The molecule has 1 aliphatic rings. The molecule has 2 aromatic carbocycles. The van der Waals surface area contributed by atoms with E-state index in [1.165, 1.54) is 12.2 Å². The Balaban J connectivity index is 0.00000385. The molecule has 32 heavy (non-hydrogen) atoms. The Kier molecular flexibility index (Phi) is 7.46. The highest BCUT2D eigenvalue weighted by Crippen LogP contribution is 2.27. The van der Waals surface area contributed by atoms with E-state index in [-0.39, 0.29) is 27.8 Å². The molecule has 1 unspecified atom stereocenters. The minimum absolute atomic E-state index is 0. The molecule has 0 saturated heterocycles. The molecule has 1 aliphatic carbocycles. The first-order valence-corrected chi connectivity index (χ1v) is 10.5. The number of nitrogens with one attached hydrogen (secondary N) is 3. The number of allylic oxidation sites excluding steroid dienone is 2. The summed E-state index contributed by atoms with van der Waals surface area (Å²) in [4.78, 5) is 13.2. The van der Waals surface area contributed by atoms with Gasteiger partial charge in [0.25, 0.3) is 5.92 Å². The average molecular weight is 443 g/mol. The summed E-state index contributed by atoms with van der Waals surface area (Å²) >= 11 is 0. The summed E-state index contributed by atoms with van der Waals surface area (Å²) in [6.07, 6.45) is 6.06. The van der Waals surface area contributed by atoms with Gasteiger partial charge in [0.15, 0.2) is 0 Å². The number of alkyl halides is 2. The van der Waals surface area contributed by atoms with Crippen molar-refractivity contribution in [2.75, 3.05) is 0 Å². The van der Waals surface area contributed by atoms with Gasteiger partial charge in [-0.2, -0.15) is 0 Å². The van der Waals surface area contributed by atoms with Gasteiger partial charge < -0.3 is 16.0 Å². The molecule has 1 amide bonds. The van der Waals surface area contributed by atoms with Crippen LogP contribution in [0.2, 0.25) is 0 Å². The molecular weight excluding hydrogens is 408 g/mol. The van der Waals surface area contributed by atoms with Crippen molar-refractivity contribution < 1.29 is 17.9 Å². The maximum Gasteiger partial charge on any atom is 0.270 e. The summed E-state index contributed by atoms with van der Waals surface area (Å²) in [5.74, 6) is -2.68. The van der Waals surface area contributed by atoms with Crippen LogP contribution in [0.3, 0.4) is 0 Å². The molecule has 173 valence electrons. The van der Waals surface area contributed by atoms with E-state index in [0.717, 1.165) is 18.1 Å². The van der Waals surface area contributed by atoms with E-state index in [2.05, 4.69) is 22.5 Å². The largest absolute Gasteiger partial charge is 0.366 e. The normalized spacial score (nSPS) is 17.6. The van der Waals surface area contributed by atoms with Crippen molar-refractivity contribution in [3.8, 4) is 0 Å². The molecule has 3 rings (SSSR count). The Morgan fingerprint density at radius 1 is 1.03 bits per heavy atom. The molecule has 3 N–H and O–H groups in total. The van der Waals surface area contributed by atoms with Gasteiger partial charge in [-0.1, -0.05) is 85.5 Å². The van der Waals surface area contributed by atoms with Gasteiger partial charge in [-0.3, -0.25) is 4.79 Å². The SMILES string of the molecule is C=C(NC1[CH]C=C(C(C)(F)F)C=C1)N[C@@H](C(=O)N[C@H](C)c1ccccc1)c1ccccc1.[HH].[HH].[HH]. The second-order valence-corrected chi connectivity index (χ2v) is 7.84. The van der Waals surface area contributed by atoms with Crippen LogP contribution in [0.1, 0.15) is 41.3 Å². The Morgan fingerprint density at radius 3 is 2.16 bits per heavy atom. The van der Waals surface area contributed by atoms with Gasteiger partial charge in [-0.15, -0.1) is 0 Å². The molecule has 0 saturated carbocycles. The molecule has 0 bridgehead atoms. The number of hydrogen-bond donors (Lipinski definition) is 3. The lowest BCUT2D eigenvalue weighted by Crippen LogP contribution is -2.42. The number of carbonyl (C=O) groups excluding carboxylic acids is 1. The van der Waals surface area contributed by atoms with Crippen molar-refractivity contribution in [1.82, 2.24) is 16.0 Å². The predicted molar refractivity (Wildman–Crippen MR) is 130 cm³/mol. The van der Waals surface area contributed by atoms with Crippen LogP contribution >= 0.6 is 0 Å². The quantitative estimate of drug-likeness (QED) is 0.466. The topological polar surface area (TPSA) is 53.2 Å². The molecule has 0 fully saturated rings. The van der Waals surface area contributed by atoms with E-state index >= 15 is 0 Å². The lowest BCUT2D eigenvalue weighted by Gasteiger charge is -2.27. The summed E-state index contributed by atoms with van der Waals surface area (Å²) in [7, 11) is 0. The summed E-state index contributed by atoms with van der Waals surface area (Å²) in [5, 5.41) is 9.29. The fourth-order valence-corrected chi connectivity index (χ4v) is 3.41. The zero-order chi connectivity index (χ0) is 23.1. The van der Waals surface area contributed by atoms with Gasteiger partial charge in [0, 0.05) is 23.2 Å². The fourth-order valence-electron chi connectivity index (χ4n) is 3.41. The van der Waals surface area contributed by atoms with Gasteiger partial charge in [-0.25, -0.2) is 8.78 Å². The van der Waals surface area contributed by atoms with Gasteiger partial charge >= 0.3 is 0 Å². The lowest BCUT2D eigenvalue weighted by atomic mass is 9.99. The van der Waals surface area contributed by atoms with Crippen molar-refractivity contribution >= 4 is 5.91 Å². The maximum absolute atomic E-state index is 13.4. The van der Waals surface area contributed by atoms with Gasteiger partial charge in [0.05, 0.1) is 17.9 Å². The first kappa shape index (κ1) is 23.3. The molecule has 4 nitrogen and oxygen atoms in total. The number of carbonyl (C=O) groups is 1. The molecule has 0 aromatic heterocycles. The van der Waals surface area contributed by atoms with Crippen LogP contribution in [-0.2, 0) is 4.79 Å². The summed E-state index contributed by atoms with van der Waals surface area (Å²) in [6, 6.07) is 17.9. The fraction of sp³-hybridized carbons (Fsp3) is 0.231. The Labute approximate surface area is 192 Å². The molecule has 0 heterocycles. The van der Waals surface area contributed by atoms with Crippen molar-refractivity contribution in [2.45, 2.75) is 37.9 Å². The Morgan fingerprint density at radius 2 is 1.62 bits per heavy atom. The van der Waals surface area contributed by atoms with Gasteiger partial charge in [0.1, 0.15) is 6.04 Å². The molecule has 0 aliphatic heterocycles. The molecule has 2 aromatic rings. The van der Waals surface area contributed by atoms with Crippen LogP contribution in [0.25, 0.3) is 0 Å². The van der Waals surface area contributed by atoms with E-state index in [9.17, 15) is 13.6 Å². The number of amides is 1. The number of rotatable bonds is 9.